The van der Waals surface area contributed by atoms with Crippen molar-refractivity contribution >= 4 is 51.2 Å². The lowest BCUT2D eigenvalue weighted by atomic mass is 10.1. The minimum absolute atomic E-state index is 1.18. The van der Waals surface area contributed by atoms with Crippen LogP contribution in [0.2, 0.25) is 0 Å². The Kier molecular flexibility index (Phi) is 3.42. The van der Waals surface area contributed by atoms with Crippen molar-refractivity contribution in [3.05, 3.63) is 52.3 Å². The molecule has 0 nitrogen and oxygen atoms in total. The molecule has 0 atom stereocenters. The smallest absolute Gasteiger partial charge is 0.151 e. The van der Waals surface area contributed by atoms with Crippen LogP contribution in [-0.2, 0) is 0 Å². The first kappa shape index (κ1) is 12.2. The fourth-order valence-corrected chi connectivity index (χ4v) is 4.12. The van der Waals surface area contributed by atoms with Crippen LogP contribution in [0.25, 0.3) is 20.9 Å². The quantitative estimate of drug-likeness (QED) is 0.618. The number of hydrogen-bond donors (Lipinski definition) is 0. The Morgan fingerprint density at radius 2 is 1.28 bits per heavy atom. The molecule has 88 valence electrons. The topological polar surface area (TPSA) is 0 Å². The highest BCUT2D eigenvalue weighted by Gasteiger charge is 2.03. The van der Waals surface area contributed by atoms with Crippen LogP contribution in [0.4, 0.5) is 0 Å². The summed E-state index contributed by atoms with van der Waals surface area (Å²) in [6.45, 7) is 0. The first-order valence-electron chi connectivity index (χ1n) is 5.65. The van der Waals surface area contributed by atoms with Crippen LogP contribution in [0.5, 0.6) is 0 Å². The van der Waals surface area contributed by atoms with Gasteiger partial charge in [0, 0.05) is 9.75 Å². The van der Waals surface area contributed by atoms with E-state index in [1.54, 1.807) is 11.3 Å². The zero-order valence-electron chi connectivity index (χ0n) is 9.81. The maximum absolute atomic E-state index is 3.50. The average Bonchev–Trinajstić information content (AvgIpc) is 2.98. The van der Waals surface area contributed by atoms with Crippen molar-refractivity contribution in [2.24, 2.45) is 0 Å². The average molecular weight is 333 g/mol. The Hall–Kier alpha value is -0.835. The lowest BCUT2D eigenvalue weighted by Gasteiger charge is -2.00. The molecule has 0 aliphatic heterocycles. The fraction of sp³-hybridized carbons (Fsp3) is 0. The summed E-state index contributed by atoms with van der Waals surface area (Å²) in [7, 11) is 2.14. The predicted molar refractivity (Wildman–Crippen MR) is 88.9 cm³/mol. The van der Waals surface area contributed by atoms with Crippen molar-refractivity contribution in [2.45, 2.75) is 0 Å². The zero-order chi connectivity index (χ0) is 12.5. The maximum atomic E-state index is 3.50. The minimum Gasteiger partial charge on any atom is -0.151 e. The Morgan fingerprint density at radius 1 is 0.722 bits per heavy atom. The second-order valence-electron chi connectivity index (χ2n) is 4.09. The molecule has 3 aromatic rings. The van der Waals surface area contributed by atoms with E-state index in [0.717, 1.165) is 0 Å². The third-order valence-corrected chi connectivity index (χ3v) is 5.49. The first-order valence-corrected chi connectivity index (χ1v) is 8.07. The van der Waals surface area contributed by atoms with E-state index >= 15 is 0 Å². The molecule has 0 aliphatic carbocycles. The molecular weight excluding hydrogens is 323 g/mol. The van der Waals surface area contributed by atoms with Gasteiger partial charge in [-0.15, -0.1) is 11.3 Å². The summed E-state index contributed by atoms with van der Waals surface area (Å²) in [5.74, 6) is 0. The number of hydrogen-bond acceptors (Lipinski definition) is 2. The minimum atomic E-state index is 1.18. The van der Waals surface area contributed by atoms with Crippen LogP contribution in [0.3, 0.4) is 0 Å². The van der Waals surface area contributed by atoms with Crippen molar-refractivity contribution in [1.82, 2.24) is 0 Å². The predicted octanol–water partition coefficient (Wildman–Crippen LogP) is 4.16. The van der Waals surface area contributed by atoms with Gasteiger partial charge in [-0.05, 0) is 50.0 Å². The highest BCUT2D eigenvalue weighted by atomic mass is 79.9. The van der Waals surface area contributed by atoms with Crippen LogP contribution >= 0.6 is 38.6 Å². The summed E-state index contributed by atoms with van der Waals surface area (Å²) in [6, 6.07) is 17.4. The van der Waals surface area contributed by atoms with Crippen molar-refractivity contribution in [3.63, 3.8) is 0 Å². The molecule has 0 N–H and O–H groups in total. The van der Waals surface area contributed by atoms with Gasteiger partial charge in [0.05, 0.1) is 3.79 Å². The van der Waals surface area contributed by atoms with Crippen LogP contribution in [-0.4, -0.2) is 7.85 Å². The van der Waals surface area contributed by atoms with E-state index in [-0.39, 0.29) is 0 Å². The van der Waals surface area contributed by atoms with Gasteiger partial charge in [-0.3, -0.25) is 0 Å². The van der Waals surface area contributed by atoms with Crippen molar-refractivity contribution in [2.75, 3.05) is 0 Å². The molecule has 0 unspecified atom stereocenters. The largest absolute Gasteiger partial charge is 0.152 e. The van der Waals surface area contributed by atoms with E-state index in [1.807, 2.05) is 11.3 Å². The van der Waals surface area contributed by atoms with Crippen molar-refractivity contribution < 1.29 is 0 Å². The van der Waals surface area contributed by atoms with Gasteiger partial charge >= 0.3 is 0 Å². The molecule has 0 spiro atoms. The summed E-state index contributed by atoms with van der Waals surface area (Å²) in [4.78, 5) is 2.64. The number of rotatable bonds is 2. The van der Waals surface area contributed by atoms with Gasteiger partial charge < -0.3 is 0 Å². The molecule has 0 saturated carbocycles. The van der Waals surface area contributed by atoms with Gasteiger partial charge in [-0.25, -0.2) is 0 Å². The van der Waals surface area contributed by atoms with Gasteiger partial charge in [0.1, 0.15) is 0 Å². The zero-order valence-corrected chi connectivity index (χ0v) is 13.0. The lowest BCUT2D eigenvalue weighted by Crippen LogP contribution is -1.88. The second-order valence-corrected chi connectivity index (χ2v) is 7.84. The van der Waals surface area contributed by atoms with Gasteiger partial charge in [0.2, 0.25) is 0 Å². The first-order chi connectivity index (χ1) is 8.72. The Morgan fingerprint density at radius 3 is 1.72 bits per heavy atom. The molecule has 2 heterocycles. The molecule has 4 heteroatoms. The van der Waals surface area contributed by atoms with Crippen LogP contribution in [0.15, 0.2) is 52.3 Å². The van der Waals surface area contributed by atoms with E-state index in [1.165, 1.54) is 29.4 Å². The van der Waals surface area contributed by atoms with Crippen LogP contribution in [0.1, 0.15) is 0 Å². The van der Waals surface area contributed by atoms with Gasteiger partial charge in [0.15, 0.2) is 7.85 Å². The summed E-state index contributed by atoms with van der Waals surface area (Å²) in [5.41, 5.74) is 2.58. The van der Waals surface area contributed by atoms with E-state index in [2.05, 4.69) is 72.3 Å². The Balaban J connectivity index is 1.94. The van der Waals surface area contributed by atoms with E-state index in [4.69, 9.17) is 0 Å². The summed E-state index contributed by atoms with van der Waals surface area (Å²) in [6.07, 6.45) is 0. The molecule has 0 aliphatic rings. The molecule has 0 fully saturated rings. The summed E-state index contributed by atoms with van der Waals surface area (Å²) in [5, 5.41) is 0. The number of halogens is 1. The number of benzene rings is 1. The van der Waals surface area contributed by atoms with Crippen LogP contribution < -0.4 is 4.78 Å². The fourth-order valence-electron chi connectivity index (χ4n) is 1.86. The third-order valence-electron chi connectivity index (χ3n) is 2.77. The lowest BCUT2D eigenvalue weighted by molar-refractivity contribution is 1.69. The molecule has 0 saturated heterocycles. The maximum Gasteiger partial charge on any atom is 0.152 e. The van der Waals surface area contributed by atoms with Gasteiger partial charge in [0.25, 0.3) is 0 Å². The van der Waals surface area contributed by atoms with Gasteiger partial charge in [-0.1, -0.05) is 30.3 Å². The summed E-state index contributed by atoms with van der Waals surface area (Å²) < 4.78 is 2.53. The van der Waals surface area contributed by atoms with E-state index < -0.39 is 0 Å². The SMILES string of the molecule is Bc1ccc(-c2ccc(-c3ccc(Br)s3)cc2)s1. The summed E-state index contributed by atoms with van der Waals surface area (Å²) >= 11 is 7.11. The highest BCUT2D eigenvalue weighted by Crippen LogP contribution is 2.32. The molecule has 3 rings (SSSR count). The monoisotopic (exact) mass is 332 g/mol. The molecular formula is C14H10BBrS2. The molecule has 18 heavy (non-hydrogen) atoms. The molecule has 0 bridgehead atoms. The Labute approximate surface area is 124 Å². The molecule has 0 radical (unpaired) electrons. The van der Waals surface area contributed by atoms with Crippen LogP contribution in [0, 0.1) is 0 Å². The standard InChI is InChI=1S/C14H10BBrS2/c15-13-7-5-11(17-13)9-1-3-10(4-2-9)12-6-8-14(16)18-12/h1-8H,15H2. The molecule has 0 amide bonds. The second kappa shape index (κ2) is 5.04. The molecule has 2 aromatic heterocycles. The van der Waals surface area contributed by atoms with Crippen molar-refractivity contribution in [1.29, 1.82) is 0 Å². The normalized spacial score (nSPS) is 10.7. The molecule has 1 aromatic carbocycles. The Bertz CT molecular complexity index is 608. The number of thiophene rings is 2. The van der Waals surface area contributed by atoms with Crippen molar-refractivity contribution in [3.8, 4) is 20.9 Å². The highest BCUT2D eigenvalue weighted by molar-refractivity contribution is 9.11. The van der Waals surface area contributed by atoms with E-state index in [9.17, 15) is 0 Å². The van der Waals surface area contributed by atoms with E-state index in [0.29, 0.717) is 0 Å². The van der Waals surface area contributed by atoms with Gasteiger partial charge in [-0.2, -0.15) is 11.3 Å². The third kappa shape index (κ3) is 2.46.